The average molecular weight is 363 g/mol. The third-order valence-electron chi connectivity index (χ3n) is 7.10. The molecule has 0 atom stereocenters. The summed E-state index contributed by atoms with van der Waals surface area (Å²) in [5, 5.41) is 2.48. The van der Waals surface area contributed by atoms with Crippen LogP contribution >= 0.6 is 0 Å². The highest BCUT2D eigenvalue weighted by Gasteiger charge is 2.31. The van der Waals surface area contributed by atoms with Crippen LogP contribution in [-0.2, 0) is 6.42 Å². The zero-order chi connectivity index (χ0) is 18.4. The molecule has 0 N–H and O–H groups in total. The summed E-state index contributed by atoms with van der Waals surface area (Å²) in [4.78, 5) is 17.6. The van der Waals surface area contributed by atoms with Crippen molar-refractivity contribution in [2.24, 2.45) is 5.41 Å². The van der Waals surface area contributed by atoms with E-state index in [0.717, 1.165) is 25.2 Å². The highest BCUT2D eigenvalue weighted by molar-refractivity contribution is 6.17. The smallest absolute Gasteiger partial charge is 0.167 e. The number of hydrogen-bond acceptors (Lipinski definition) is 3. The molecule has 1 saturated carbocycles. The number of anilines is 1. The van der Waals surface area contributed by atoms with Crippen molar-refractivity contribution in [1.82, 2.24) is 4.90 Å². The van der Waals surface area contributed by atoms with E-state index in [9.17, 15) is 4.79 Å². The molecule has 0 radical (unpaired) electrons. The van der Waals surface area contributed by atoms with Crippen LogP contribution in [0.15, 0.2) is 30.3 Å². The minimum atomic E-state index is 0.277. The van der Waals surface area contributed by atoms with Gasteiger partial charge in [-0.05, 0) is 48.2 Å². The molecule has 1 heterocycles. The molecule has 27 heavy (non-hydrogen) atoms. The fraction of sp³-hybridized carbons (Fsp3) is 0.542. The van der Waals surface area contributed by atoms with E-state index in [1.165, 1.54) is 67.2 Å². The van der Waals surface area contributed by atoms with Crippen LogP contribution in [0.5, 0.6) is 0 Å². The molecular weight excluding hydrogens is 332 g/mol. The van der Waals surface area contributed by atoms with E-state index in [1.807, 2.05) is 6.07 Å². The molecule has 0 aromatic heterocycles. The van der Waals surface area contributed by atoms with Crippen molar-refractivity contribution in [2.45, 2.75) is 45.4 Å². The number of benzene rings is 2. The first-order chi connectivity index (χ1) is 13.1. The molecule has 142 valence electrons. The summed E-state index contributed by atoms with van der Waals surface area (Å²) in [6.07, 6.45) is 7.42. The summed E-state index contributed by atoms with van der Waals surface area (Å²) in [6, 6.07) is 10.7. The number of ketones is 1. The van der Waals surface area contributed by atoms with Crippen molar-refractivity contribution in [3.8, 4) is 0 Å². The van der Waals surface area contributed by atoms with Gasteiger partial charge >= 0.3 is 0 Å². The lowest BCUT2D eigenvalue weighted by Gasteiger charge is -2.32. The van der Waals surface area contributed by atoms with E-state index in [4.69, 9.17) is 0 Å². The standard InChI is InChI=1S/C24H30N2O/c1-24(10-2-3-11-24)17-25-12-5-13-26(15-14-25)21-9-8-18-16-22(27)20-7-4-6-19(21)23(18)20/h4,6-9H,2-3,5,10-17H2,1H3. The number of rotatable bonds is 3. The molecule has 3 heteroatoms. The summed E-state index contributed by atoms with van der Waals surface area (Å²) >= 11 is 0. The molecule has 0 bridgehead atoms. The molecule has 2 aromatic carbocycles. The maximum Gasteiger partial charge on any atom is 0.167 e. The second-order valence-electron chi connectivity index (χ2n) is 9.21. The Morgan fingerprint density at radius 1 is 0.963 bits per heavy atom. The van der Waals surface area contributed by atoms with Crippen LogP contribution in [0, 0.1) is 5.41 Å². The highest BCUT2D eigenvalue weighted by Crippen LogP contribution is 2.39. The second-order valence-corrected chi connectivity index (χ2v) is 9.21. The third-order valence-corrected chi connectivity index (χ3v) is 7.10. The molecular formula is C24H30N2O. The Morgan fingerprint density at radius 3 is 2.67 bits per heavy atom. The molecule has 3 aliphatic rings. The van der Waals surface area contributed by atoms with Crippen molar-refractivity contribution in [2.75, 3.05) is 37.6 Å². The van der Waals surface area contributed by atoms with Crippen molar-refractivity contribution >= 4 is 22.2 Å². The van der Waals surface area contributed by atoms with Crippen molar-refractivity contribution in [3.05, 3.63) is 41.5 Å². The van der Waals surface area contributed by atoms with Gasteiger partial charge in [0.2, 0.25) is 0 Å². The quantitative estimate of drug-likeness (QED) is 0.793. The largest absolute Gasteiger partial charge is 0.370 e. The minimum absolute atomic E-state index is 0.277. The molecule has 2 aromatic rings. The lowest BCUT2D eigenvalue weighted by Crippen LogP contribution is -2.37. The van der Waals surface area contributed by atoms with Crippen LogP contribution in [0.1, 0.15) is 54.9 Å². The third kappa shape index (κ3) is 3.06. The van der Waals surface area contributed by atoms with Gasteiger partial charge in [-0.1, -0.05) is 44.0 Å². The zero-order valence-electron chi connectivity index (χ0n) is 16.5. The molecule has 0 amide bonds. The van der Waals surface area contributed by atoms with E-state index in [0.29, 0.717) is 11.8 Å². The lowest BCUT2D eigenvalue weighted by molar-refractivity contribution is 0.1000. The molecule has 3 nitrogen and oxygen atoms in total. The molecule has 2 fully saturated rings. The van der Waals surface area contributed by atoms with Crippen LogP contribution < -0.4 is 4.90 Å². The summed E-state index contributed by atoms with van der Waals surface area (Å²) < 4.78 is 0. The van der Waals surface area contributed by atoms with Crippen LogP contribution in [-0.4, -0.2) is 43.4 Å². The number of hydrogen-bond donors (Lipinski definition) is 0. The first-order valence-corrected chi connectivity index (χ1v) is 10.7. The van der Waals surface area contributed by atoms with Gasteiger partial charge in [0.25, 0.3) is 0 Å². The summed E-state index contributed by atoms with van der Waals surface area (Å²) in [7, 11) is 0. The predicted molar refractivity (Wildman–Crippen MR) is 112 cm³/mol. The second kappa shape index (κ2) is 6.63. The monoisotopic (exact) mass is 362 g/mol. The molecule has 0 unspecified atom stereocenters. The molecule has 2 aliphatic carbocycles. The Morgan fingerprint density at radius 2 is 1.81 bits per heavy atom. The number of nitrogens with zero attached hydrogens (tertiary/aromatic N) is 2. The van der Waals surface area contributed by atoms with Crippen molar-refractivity contribution < 1.29 is 4.79 Å². The maximum absolute atomic E-state index is 12.3. The fourth-order valence-corrected chi connectivity index (χ4v) is 5.68. The van der Waals surface area contributed by atoms with Crippen LogP contribution in [0.3, 0.4) is 0 Å². The molecule has 0 spiro atoms. The van der Waals surface area contributed by atoms with Gasteiger partial charge in [-0.25, -0.2) is 0 Å². The lowest BCUT2D eigenvalue weighted by atomic mass is 9.88. The summed E-state index contributed by atoms with van der Waals surface area (Å²) in [5.74, 6) is 0.277. The Labute approximate surface area is 162 Å². The number of carbonyl (C=O) groups excluding carboxylic acids is 1. The minimum Gasteiger partial charge on any atom is -0.370 e. The van der Waals surface area contributed by atoms with Gasteiger partial charge in [-0.15, -0.1) is 0 Å². The van der Waals surface area contributed by atoms with E-state index in [1.54, 1.807) is 0 Å². The highest BCUT2D eigenvalue weighted by atomic mass is 16.1. The van der Waals surface area contributed by atoms with Gasteiger partial charge in [-0.2, -0.15) is 0 Å². The molecule has 1 aliphatic heterocycles. The van der Waals surface area contributed by atoms with Crippen LogP contribution in [0.2, 0.25) is 0 Å². The SMILES string of the molecule is CC1(CN2CCCN(c3ccc4c5c(cccc35)C(=O)C4)CC2)CCCC1. The van der Waals surface area contributed by atoms with Gasteiger partial charge < -0.3 is 9.80 Å². The predicted octanol–water partition coefficient (Wildman–Crippen LogP) is 4.67. The zero-order valence-corrected chi connectivity index (χ0v) is 16.5. The first-order valence-electron chi connectivity index (χ1n) is 10.7. The van der Waals surface area contributed by atoms with E-state index in [2.05, 4.69) is 41.0 Å². The Balaban J connectivity index is 1.38. The van der Waals surface area contributed by atoms with Gasteiger partial charge in [0.1, 0.15) is 0 Å². The normalized spacial score (nSPS) is 22.6. The van der Waals surface area contributed by atoms with Gasteiger partial charge in [-0.3, -0.25) is 4.79 Å². The Hall–Kier alpha value is -1.87. The first kappa shape index (κ1) is 17.2. The van der Waals surface area contributed by atoms with Crippen molar-refractivity contribution in [1.29, 1.82) is 0 Å². The van der Waals surface area contributed by atoms with Gasteiger partial charge in [0.15, 0.2) is 5.78 Å². The molecule has 5 rings (SSSR count). The van der Waals surface area contributed by atoms with E-state index in [-0.39, 0.29) is 5.78 Å². The molecule has 1 saturated heterocycles. The average Bonchev–Trinajstić information content (AvgIpc) is 3.14. The van der Waals surface area contributed by atoms with Crippen molar-refractivity contribution in [3.63, 3.8) is 0 Å². The van der Waals surface area contributed by atoms with Crippen LogP contribution in [0.25, 0.3) is 10.8 Å². The van der Waals surface area contributed by atoms with Gasteiger partial charge in [0.05, 0.1) is 0 Å². The summed E-state index contributed by atoms with van der Waals surface area (Å²) in [6.45, 7) is 8.31. The Bertz CT molecular complexity index is 881. The maximum atomic E-state index is 12.3. The van der Waals surface area contributed by atoms with Gasteiger partial charge in [0, 0.05) is 49.2 Å². The number of Topliss-reactive ketones (excluding diaryl/α,β-unsaturated/α-hetero) is 1. The Kier molecular flexibility index (Phi) is 4.23. The topological polar surface area (TPSA) is 23.6 Å². The summed E-state index contributed by atoms with van der Waals surface area (Å²) in [5.41, 5.74) is 3.99. The van der Waals surface area contributed by atoms with E-state index < -0.39 is 0 Å². The number of carbonyl (C=O) groups is 1. The fourth-order valence-electron chi connectivity index (χ4n) is 5.68. The van der Waals surface area contributed by atoms with Crippen LogP contribution in [0.4, 0.5) is 5.69 Å². The van der Waals surface area contributed by atoms with E-state index >= 15 is 0 Å².